The fourth-order valence-corrected chi connectivity index (χ4v) is 7.62. The molecule has 1 spiro atoms. The summed E-state index contributed by atoms with van der Waals surface area (Å²) in [4.78, 5) is 29.4. The average molecular weight is 515 g/mol. The minimum Gasteiger partial charge on any atom is -0.483 e. The van der Waals surface area contributed by atoms with Gasteiger partial charge in [-0.05, 0) is 55.5 Å². The van der Waals surface area contributed by atoms with Gasteiger partial charge in [0.1, 0.15) is 6.10 Å². The van der Waals surface area contributed by atoms with Crippen LogP contribution in [0.5, 0.6) is 11.5 Å². The van der Waals surface area contributed by atoms with Crippen LogP contribution >= 0.6 is 0 Å². The van der Waals surface area contributed by atoms with Gasteiger partial charge in [0, 0.05) is 38.2 Å². The summed E-state index contributed by atoms with van der Waals surface area (Å²) in [5.74, 6) is 0.393. The number of benzene rings is 2. The van der Waals surface area contributed by atoms with Crippen molar-refractivity contribution < 1.29 is 24.2 Å². The second kappa shape index (κ2) is 9.10. The largest absolute Gasteiger partial charge is 0.483 e. The lowest BCUT2D eigenvalue weighted by atomic mass is 9.48. The molecule has 1 saturated heterocycles. The van der Waals surface area contributed by atoms with Gasteiger partial charge in [0.05, 0.1) is 17.1 Å². The van der Waals surface area contributed by atoms with Crippen LogP contribution in [-0.4, -0.2) is 70.7 Å². The zero-order chi connectivity index (χ0) is 26.7. The molecule has 5 atom stereocenters. The van der Waals surface area contributed by atoms with Crippen LogP contribution in [0.25, 0.3) is 6.08 Å². The highest BCUT2D eigenvalue weighted by atomic mass is 16.6. The highest BCUT2D eigenvalue weighted by Gasteiger charge is 2.73. The van der Waals surface area contributed by atoms with E-state index in [0.717, 1.165) is 23.2 Å². The van der Waals surface area contributed by atoms with Gasteiger partial charge < -0.3 is 19.5 Å². The number of amides is 1. The van der Waals surface area contributed by atoms with Crippen molar-refractivity contribution in [3.05, 3.63) is 77.9 Å². The third kappa shape index (κ3) is 3.48. The van der Waals surface area contributed by atoms with Gasteiger partial charge in [0.2, 0.25) is 5.91 Å². The van der Waals surface area contributed by atoms with E-state index in [-0.39, 0.29) is 18.0 Å². The van der Waals surface area contributed by atoms with Crippen molar-refractivity contribution in [3.63, 3.8) is 0 Å². The minimum absolute atomic E-state index is 0.0849. The summed E-state index contributed by atoms with van der Waals surface area (Å²) in [6, 6.07) is 13.2. The van der Waals surface area contributed by atoms with E-state index >= 15 is 0 Å². The van der Waals surface area contributed by atoms with E-state index in [4.69, 9.17) is 9.47 Å². The fourth-order valence-electron chi connectivity index (χ4n) is 7.62. The molecular weight excluding hydrogens is 480 g/mol. The summed E-state index contributed by atoms with van der Waals surface area (Å²) in [6.07, 6.45) is 7.38. The number of hydrogen-bond donors (Lipinski definition) is 1. The molecule has 2 fully saturated rings. The maximum absolute atomic E-state index is 13.4. The molecular formula is C31H34N2O5. The summed E-state index contributed by atoms with van der Waals surface area (Å²) in [5.41, 5.74) is 1.29. The molecule has 1 amide bonds. The maximum Gasteiger partial charge on any atom is 0.308 e. The molecule has 7 nitrogen and oxygen atoms in total. The lowest BCUT2D eigenvalue weighted by Gasteiger charge is -2.64. The number of likely N-dealkylation sites (N-methyl/N-ethyl adjacent to an activating group) is 1. The lowest BCUT2D eigenvalue weighted by molar-refractivity contribution is -0.198. The maximum atomic E-state index is 13.4. The van der Waals surface area contributed by atoms with Crippen LogP contribution in [0.4, 0.5) is 0 Å². The number of likely N-dealkylation sites (tertiary alicyclic amines) is 1. The van der Waals surface area contributed by atoms with E-state index in [1.807, 2.05) is 55.6 Å². The zero-order valence-corrected chi connectivity index (χ0v) is 21.9. The molecule has 4 aliphatic rings. The Morgan fingerprint density at radius 3 is 2.76 bits per heavy atom. The molecule has 6 rings (SSSR count). The van der Waals surface area contributed by atoms with Gasteiger partial charge >= 0.3 is 5.97 Å². The van der Waals surface area contributed by atoms with E-state index in [9.17, 15) is 14.7 Å². The molecule has 198 valence electrons. The number of carbonyl (C=O) groups excluding carboxylic acids is 2. The van der Waals surface area contributed by atoms with Gasteiger partial charge in [-0.2, -0.15) is 0 Å². The molecule has 2 aliphatic carbocycles. The van der Waals surface area contributed by atoms with Crippen LogP contribution in [0.2, 0.25) is 0 Å². The summed E-state index contributed by atoms with van der Waals surface area (Å²) >= 11 is 0. The van der Waals surface area contributed by atoms with E-state index in [0.29, 0.717) is 43.7 Å². The molecule has 1 N–H and O–H groups in total. The number of aliphatic hydroxyl groups is 1. The first-order chi connectivity index (χ1) is 18.3. The van der Waals surface area contributed by atoms with Crippen LogP contribution in [0.1, 0.15) is 42.9 Å². The molecule has 0 aromatic heterocycles. The van der Waals surface area contributed by atoms with Gasteiger partial charge in [0.25, 0.3) is 0 Å². The Morgan fingerprint density at radius 2 is 2.03 bits per heavy atom. The van der Waals surface area contributed by atoms with Gasteiger partial charge in [-0.15, -0.1) is 6.58 Å². The highest BCUT2D eigenvalue weighted by molar-refractivity contribution is 5.92. The van der Waals surface area contributed by atoms with Gasteiger partial charge in [-0.1, -0.05) is 42.5 Å². The Balaban J connectivity index is 1.42. The van der Waals surface area contributed by atoms with Crippen molar-refractivity contribution in [2.75, 3.05) is 20.1 Å². The third-order valence-electron chi connectivity index (χ3n) is 9.21. The Hall–Kier alpha value is -3.42. The van der Waals surface area contributed by atoms with Crippen molar-refractivity contribution >= 4 is 18.0 Å². The van der Waals surface area contributed by atoms with Crippen molar-refractivity contribution in [3.8, 4) is 11.5 Å². The van der Waals surface area contributed by atoms with Crippen molar-refractivity contribution in [1.82, 2.24) is 9.80 Å². The number of nitrogens with zero attached hydrogens (tertiary/aromatic N) is 2. The monoisotopic (exact) mass is 514 g/mol. The number of carbonyl (C=O) groups is 2. The van der Waals surface area contributed by atoms with E-state index < -0.39 is 23.1 Å². The Morgan fingerprint density at radius 1 is 1.24 bits per heavy atom. The summed E-state index contributed by atoms with van der Waals surface area (Å²) in [7, 11) is 1.82. The molecule has 2 unspecified atom stereocenters. The predicted molar refractivity (Wildman–Crippen MR) is 144 cm³/mol. The number of ether oxygens (including phenoxy) is 2. The number of hydrogen-bond acceptors (Lipinski definition) is 6. The first-order valence-corrected chi connectivity index (χ1v) is 13.4. The number of rotatable bonds is 6. The fraction of sp³-hybridized carbons (Fsp3) is 0.419. The molecule has 2 bridgehead atoms. The topological polar surface area (TPSA) is 79.3 Å². The molecule has 1 saturated carbocycles. The summed E-state index contributed by atoms with van der Waals surface area (Å²) in [5, 5.41) is 12.6. The second-order valence-electron chi connectivity index (χ2n) is 11.0. The highest BCUT2D eigenvalue weighted by Crippen LogP contribution is 2.65. The van der Waals surface area contributed by atoms with Crippen LogP contribution in [-0.2, 0) is 21.4 Å². The van der Waals surface area contributed by atoms with Gasteiger partial charge in [0.15, 0.2) is 11.5 Å². The predicted octanol–water partition coefficient (Wildman–Crippen LogP) is 3.49. The molecule has 2 aromatic rings. The Labute approximate surface area is 223 Å². The third-order valence-corrected chi connectivity index (χ3v) is 9.21. The van der Waals surface area contributed by atoms with Crippen LogP contribution < -0.4 is 9.47 Å². The van der Waals surface area contributed by atoms with E-state index in [2.05, 4.69) is 11.5 Å². The molecule has 38 heavy (non-hydrogen) atoms. The molecule has 2 aliphatic heterocycles. The van der Waals surface area contributed by atoms with Crippen LogP contribution in [0, 0.1) is 0 Å². The zero-order valence-electron chi connectivity index (χ0n) is 21.9. The van der Waals surface area contributed by atoms with Gasteiger partial charge in [-0.3, -0.25) is 14.5 Å². The molecule has 2 aromatic carbocycles. The molecule has 0 radical (unpaired) electrons. The lowest BCUT2D eigenvalue weighted by Crippen LogP contribution is -2.78. The summed E-state index contributed by atoms with van der Waals surface area (Å²) in [6.45, 7) is 6.81. The van der Waals surface area contributed by atoms with E-state index in [1.54, 1.807) is 17.0 Å². The van der Waals surface area contributed by atoms with Crippen molar-refractivity contribution in [1.29, 1.82) is 0 Å². The standard InChI is InChI=1S/C31H34N2O5/c1-4-17-33-18-16-30-27-22-11-12-24(37-20(2)34)28(27)38-29(30)23(14-15-31(30,36)25(33)19-22)32(3)26(35)13-10-21-8-6-5-7-9-21/h4-13,23,25,29,36H,1,14-19H2,2-3H3/b13-10+/t23?,25-,29?,30+,31-/m1/s1. The second-order valence-corrected chi connectivity index (χ2v) is 11.0. The molecule has 2 heterocycles. The first-order valence-electron chi connectivity index (χ1n) is 13.4. The summed E-state index contributed by atoms with van der Waals surface area (Å²) < 4.78 is 12.3. The van der Waals surface area contributed by atoms with Crippen LogP contribution in [0.3, 0.4) is 0 Å². The average Bonchev–Trinajstić information content (AvgIpc) is 3.25. The SMILES string of the molecule is C=CCN1CC[C@]23c4c5ccc(OC(C)=O)c4OC2C(N(C)C(=O)/C=C/c2ccccc2)CC[C@@]3(O)[C@H]1C5. The first kappa shape index (κ1) is 24.9. The number of piperidine rings is 1. The van der Waals surface area contributed by atoms with Crippen molar-refractivity contribution in [2.24, 2.45) is 0 Å². The quantitative estimate of drug-likeness (QED) is 0.275. The normalized spacial score (nSPS) is 30.9. The molecule has 7 heteroatoms. The minimum atomic E-state index is -1.04. The van der Waals surface area contributed by atoms with Gasteiger partial charge in [-0.25, -0.2) is 0 Å². The van der Waals surface area contributed by atoms with E-state index in [1.165, 1.54) is 6.92 Å². The van der Waals surface area contributed by atoms with Crippen LogP contribution in [0.15, 0.2) is 61.2 Å². The van der Waals surface area contributed by atoms with Crippen molar-refractivity contribution in [2.45, 2.75) is 61.8 Å². The Bertz CT molecular complexity index is 1320. The smallest absolute Gasteiger partial charge is 0.308 e. The Kier molecular flexibility index (Phi) is 5.96. The number of esters is 1.